The number of benzene rings is 1. The van der Waals surface area contributed by atoms with Crippen LogP contribution in [0.15, 0.2) is 22.1 Å². The van der Waals surface area contributed by atoms with Crippen LogP contribution in [0.5, 0.6) is 0 Å². The molecule has 13 heteroatoms. The number of likely N-dealkylation sites (tertiary alicyclic amines) is 1. The van der Waals surface area contributed by atoms with Gasteiger partial charge in [-0.25, -0.2) is 15.0 Å². The average molecular weight is 525 g/mol. The minimum absolute atomic E-state index is 0.0464. The second-order valence-electron chi connectivity index (χ2n) is 9.75. The number of rotatable bonds is 3. The Hall–Kier alpha value is -3.93. The maximum absolute atomic E-state index is 13.0. The van der Waals surface area contributed by atoms with Crippen LogP contribution in [0, 0.1) is 13.8 Å². The fraction of sp³-hybridized carbons (Fsp3) is 0.417. The lowest BCUT2D eigenvalue weighted by Gasteiger charge is -2.40. The zero-order chi connectivity index (χ0) is 26.3. The van der Waals surface area contributed by atoms with Crippen LogP contribution < -0.4 is 22.1 Å². The molecule has 0 saturated carbocycles. The van der Waals surface area contributed by atoms with Crippen LogP contribution in [0.2, 0.25) is 5.15 Å². The fourth-order valence-electron chi connectivity index (χ4n) is 4.76. The maximum Gasteiger partial charge on any atom is 0.280 e. The zero-order valence-electron chi connectivity index (χ0n) is 20.7. The number of aromatic nitrogens is 2. The van der Waals surface area contributed by atoms with Crippen molar-refractivity contribution in [2.45, 2.75) is 38.8 Å². The third-order valence-corrected chi connectivity index (χ3v) is 7.39. The number of nitrogens with zero attached hydrogens (tertiary/aromatic N) is 6. The average Bonchev–Trinajstić information content (AvgIpc) is 3.24. The molecule has 0 aliphatic carbocycles. The van der Waals surface area contributed by atoms with E-state index in [0.29, 0.717) is 45.0 Å². The standard InChI is InChI=1S/C24H29ClN10O2/c1-13-7-15-9-34(12-29-16(15)8-14(13)2)10-17(36)35-5-3-24(4-6-35)11-28-23(33-24)32-22(37)18-20(26)31-21(27)19(25)30-18/h7-8,12H,3-6,9-11H2,1-2H3,(H4,26,27,31)(H2,28,32,33,37). The van der Waals surface area contributed by atoms with Crippen molar-refractivity contribution in [3.05, 3.63) is 39.7 Å². The molecule has 0 unspecified atom stereocenters. The van der Waals surface area contributed by atoms with Crippen molar-refractivity contribution in [2.24, 2.45) is 9.98 Å². The summed E-state index contributed by atoms with van der Waals surface area (Å²) in [5, 5.41) is 5.89. The molecule has 0 bridgehead atoms. The van der Waals surface area contributed by atoms with Crippen LogP contribution in [0.25, 0.3) is 0 Å². The van der Waals surface area contributed by atoms with Gasteiger partial charge in [-0.15, -0.1) is 0 Å². The molecule has 6 N–H and O–H groups in total. The van der Waals surface area contributed by atoms with Crippen molar-refractivity contribution >= 4 is 53.0 Å². The summed E-state index contributed by atoms with van der Waals surface area (Å²) in [7, 11) is 0. The van der Waals surface area contributed by atoms with Crippen LogP contribution in [0.1, 0.15) is 40.0 Å². The van der Waals surface area contributed by atoms with Crippen molar-refractivity contribution in [1.82, 2.24) is 30.4 Å². The van der Waals surface area contributed by atoms with Gasteiger partial charge in [0.15, 0.2) is 28.4 Å². The predicted molar refractivity (Wildman–Crippen MR) is 142 cm³/mol. The summed E-state index contributed by atoms with van der Waals surface area (Å²) in [5.74, 6) is -0.359. The highest BCUT2D eigenvalue weighted by Gasteiger charge is 2.40. The number of nitrogens with two attached hydrogens (primary N) is 2. The molecular weight excluding hydrogens is 496 g/mol. The molecule has 1 saturated heterocycles. The number of guanidine groups is 1. The molecule has 3 aliphatic heterocycles. The van der Waals surface area contributed by atoms with Gasteiger partial charge in [-0.3, -0.25) is 19.9 Å². The Balaban J connectivity index is 1.13. The van der Waals surface area contributed by atoms with E-state index in [1.807, 2.05) is 9.80 Å². The Morgan fingerprint density at radius 1 is 1.14 bits per heavy atom. The van der Waals surface area contributed by atoms with Crippen LogP contribution >= 0.6 is 11.6 Å². The summed E-state index contributed by atoms with van der Waals surface area (Å²) >= 11 is 5.88. The molecule has 1 aromatic carbocycles. The van der Waals surface area contributed by atoms with Crippen LogP contribution in [0.3, 0.4) is 0 Å². The highest BCUT2D eigenvalue weighted by molar-refractivity contribution is 6.31. The Labute approximate surface area is 219 Å². The molecule has 2 aromatic rings. The summed E-state index contributed by atoms with van der Waals surface area (Å²) in [5.41, 5.74) is 15.4. The Bertz CT molecular complexity index is 1330. The molecule has 3 aliphatic rings. The van der Waals surface area contributed by atoms with E-state index in [2.05, 4.69) is 56.6 Å². The molecule has 0 radical (unpaired) electrons. The van der Waals surface area contributed by atoms with Gasteiger partial charge in [-0.05, 0) is 49.4 Å². The first kappa shape index (κ1) is 24.8. The number of aliphatic imine (C=N–C) groups is 2. The van der Waals surface area contributed by atoms with E-state index >= 15 is 0 Å². The van der Waals surface area contributed by atoms with E-state index in [4.69, 9.17) is 23.1 Å². The lowest BCUT2D eigenvalue weighted by atomic mass is 9.88. The summed E-state index contributed by atoms with van der Waals surface area (Å²) in [4.78, 5) is 46.2. The molecular formula is C24H29ClN10O2. The highest BCUT2D eigenvalue weighted by atomic mass is 35.5. The lowest BCUT2D eigenvalue weighted by Crippen LogP contribution is -2.57. The number of carbonyl (C=O) groups is 2. The Morgan fingerprint density at radius 3 is 2.62 bits per heavy atom. The summed E-state index contributed by atoms with van der Waals surface area (Å²) in [6, 6.07) is 4.24. The first-order valence-corrected chi connectivity index (χ1v) is 12.4. The summed E-state index contributed by atoms with van der Waals surface area (Å²) in [6.07, 6.45) is 3.16. The minimum atomic E-state index is -0.585. The van der Waals surface area contributed by atoms with Crippen LogP contribution in [0.4, 0.5) is 17.3 Å². The molecule has 37 heavy (non-hydrogen) atoms. The first-order chi connectivity index (χ1) is 17.6. The van der Waals surface area contributed by atoms with Gasteiger partial charge >= 0.3 is 0 Å². The number of hydrogen-bond acceptors (Lipinski definition) is 10. The summed E-state index contributed by atoms with van der Waals surface area (Å²) in [6.45, 7) is 6.77. The minimum Gasteiger partial charge on any atom is -0.382 e. The fourth-order valence-corrected chi connectivity index (χ4v) is 4.88. The number of amides is 2. The highest BCUT2D eigenvalue weighted by Crippen LogP contribution is 2.29. The van der Waals surface area contributed by atoms with Gasteiger partial charge in [0, 0.05) is 19.6 Å². The van der Waals surface area contributed by atoms with E-state index in [0.717, 1.165) is 11.3 Å². The van der Waals surface area contributed by atoms with E-state index in [9.17, 15) is 9.59 Å². The molecule has 4 heterocycles. The number of aryl methyl sites for hydroxylation is 2. The smallest absolute Gasteiger partial charge is 0.280 e. The normalized spacial score (nSPS) is 17.9. The van der Waals surface area contributed by atoms with Gasteiger partial charge < -0.3 is 26.6 Å². The lowest BCUT2D eigenvalue weighted by molar-refractivity contribution is -0.133. The third kappa shape index (κ3) is 5.01. The second-order valence-corrected chi connectivity index (χ2v) is 10.1. The van der Waals surface area contributed by atoms with Gasteiger partial charge in [0.2, 0.25) is 5.91 Å². The molecule has 2 amide bonds. The van der Waals surface area contributed by atoms with E-state index < -0.39 is 5.91 Å². The second kappa shape index (κ2) is 9.51. The van der Waals surface area contributed by atoms with Crippen molar-refractivity contribution in [1.29, 1.82) is 0 Å². The van der Waals surface area contributed by atoms with E-state index in [-0.39, 0.29) is 40.5 Å². The number of halogens is 1. The molecule has 1 fully saturated rings. The number of fused-ring (bicyclic) bond motifs is 1. The molecule has 1 aromatic heterocycles. The predicted octanol–water partition coefficient (Wildman–Crippen LogP) is 1.14. The van der Waals surface area contributed by atoms with Gasteiger partial charge in [0.05, 0.1) is 30.7 Å². The van der Waals surface area contributed by atoms with Gasteiger partial charge in [0.1, 0.15) is 0 Å². The molecule has 1 spiro atoms. The summed E-state index contributed by atoms with van der Waals surface area (Å²) < 4.78 is 0. The molecule has 194 valence electrons. The monoisotopic (exact) mass is 524 g/mol. The number of hydrogen-bond donors (Lipinski definition) is 4. The number of carbonyl (C=O) groups excluding carboxylic acids is 2. The first-order valence-electron chi connectivity index (χ1n) is 12.0. The molecule has 12 nitrogen and oxygen atoms in total. The Kier molecular flexibility index (Phi) is 6.36. The van der Waals surface area contributed by atoms with Crippen molar-refractivity contribution in [3.63, 3.8) is 0 Å². The van der Waals surface area contributed by atoms with E-state index in [1.165, 1.54) is 11.1 Å². The maximum atomic E-state index is 13.0. The SMILES string of the molecule is Cc1cc2c(cc1C)N=CN(CC(=O)N1CCC3(CC1)CN=C(NC(=O)c1nc(Cl)c(N)nc1N)N3)C2. The number of anilines is 2. The molecule has 0 atom stereocenters. The molecule has 5 rings (SSSR count). The topological polar surface area (TPSA) is 167 Å². The van der Waals surface area contributed by atoms with Gasteiger partial charge in [0.25, 0.3) is 5.91 Å². The van der Waals surface area contributed by atoms with Crippen LogP contribution in [-0.4, -0.2) is 75.6 Å². The number of piperidine rings is 1. The third-order valence-electron chi connectivity index (χ3n) is 7.12. The largest absolute Gasteiger partial charge is 0.382 e. The Morgan fingerprint density at radius 2 is 1.86 bits per heavy atom. The van der Waals surface area contributed by atoms with Crippen molar-refractivity contribution in [3.8, 4) is 0 Å². The van der Waals surface area contributed by atoms with Gasteiger partial charge in [-0.2, -0.15) is 0 Å². The van der Waals surface area contributed by atoms with Crippen molar-refractivity contribution < 1.29 is 9.59 Å². The zero-order valence-corrected chi connectivity index (χ0v) is 21.5. The van der Waals surface area contributed by atoms with Crippen LogP contribution in [-0.2, 0) is 11.3 Å². The van der Waals surface area contributed by atoms with E-state index in [1.54, 1.807) is 6.34 Å². The number of nitrogens with one attached hydrogen (secondary N) is 2. The van der Waals surface area contributed by atoms with Crippen molar-refractivity contribution in [2.75, 3.05) is 37.6 Å². The number of nitrogen functional groups attached to an aromatic ring is 2. The quantitative estimate of drug-likeness (QED) is 0.463. The van der Waals surface area contributed by atoms with Gasteiger partial charge in [-0.1, -0.05) is 17.7 Å².